The van der Waals surface area contributed by atoms with Gasteiger partial charge in [0.15, 0.2) is 17.1 Å². The third-order valence-electron chi connectivity index (χ3n) is 15.4. The molecule has 7 heterocycles. The van der Waals surface area contributed by atoms with Gasteiger partial charge in [-0.1, -0.05) is 31.1 Å². The maximum Gasteiger partial charge on any atom is 0.260 e. The van der Waals surface area contributed by atoms with Gasteiger partial charge < -0.3 is 43.2 Å². The van der Waals surface area contributed by atoms with Crippen molar-refractivity contribution in [2.75, 3.05) is 66.6 Å². The quantitative estimate of drug-likeness (QED) is 0.132. The molecule has 4 saturated heterocycles. The molecule has 0 unspecified atom stereocenters. The van der Waals surface area contributed by atoms with Crippen LogP contribution in [0.15, 0.2) is 57.3 Å². The predicted octanol–water partition coefficient (Wildman–Crippen LogP) is 8.11. The lowest BCUT2D eigenvalue weighted by Crippen LogP contribution is -2.57. The molecule has 2 amide bonds. The molecule has 4 fully saturated rings. The Morgan fingerprint density at radius 1 is 0.714 bits per heavy atom. The number of oxime groups is 2. The van der Waals surface area contributed by atoms with Crippen molar-refractivity contribution in [2.24, 2.45) is 10.3 Å². The van der Waals surface area contributed by atoms with Crippen LogP contribution in [-0.2, 0) is 25.8 Å². The van der Waals surface area contributed by atoms with Crippen LogP contribution in [0.1, 0.15) is 102 Å². The number of aromatic nitrogens is 1. The van der Waals surface area contributed by atoms with Crippen molar-refractivity contribution in [3.05, 3.63) is 71.0 Å². The summed E-state index contributed by atoms with van der Waals surface area (Å²) >= 11 is 0. The molecule has 1 aromatic heterocycles. The van der Waals surface area contributed by atoms with Crippen molar-refractivity contribution in [1.82, 2.24) is 25.2 Å². The minimum atomic E-state index is -2.03. The van der Waals surface area contributed by atoms with E-state index >= 15 is 8.78 Å². The van der Waals surface area contributed by atoms with Crippen LogP contribution in [0.3, 0.4) is 0 Å². The van der Waals surface area contributed by atoms with Crippen LogP contribution in [0.5, 0.6) is 17.4 Å². The van der Waals surface area contributed by atoms with Gasteiger partial charge in [0.25, 0.3) is 20.1 Å². The van der Waals surface area contributed by atoms with Gasteiger partial charge in [-0.2, -0.15) is 0 Å². The van der Waals surface area contributed by atoms with E-state index in [1.807, 2.05) is 6.07 Å². The van der Waals surface area contributed by atoms with Gasteiger partial charge >= 0.3 is 0 Å². The first-order valence-electron chi connectivity index (χ1n) is 24.4. The Morgan fingerprint density at radius 3 is 1.61 bits per heavy atom. The normalized spacial score (nSPS) is 22.8. The Kier molecular flexibility index (Phi) is 14.7. The number of benzene rings is 2. The van der Waals surface area contributed by atoms with Crippen LogP contribution < -0.4 is 19.2 Å². The van der Waals surface area contributed by atoms with Crippen molar-refractivity contribution >= 4 is 31.6 Å². The maximum atomic E-state index is 16.0. The Bertz CT molecular complexity index is 2430. The summed E-state index contributed by atoms with van der Waals surface area (Å²) in [5.74, 6) is 0.650. The predicted molar refractivity (Wildman–Crippen MR) is 256 cm³/mol. The number of amides is 2. The molecule has 0 aliphatic carbocycles. The largest absolute Gasteiger partial charge is 0.528 e. The molecule has 0 atom stereocenters. The molecule has 0 radical (unpaired) electrons. The fourth-order valence-electron chi connectivity index (χ4n) is 10.1. The molecule has 3 aromatic rings. The highest BCUT2D eigenvalue weighted by Crippen LogP contribution is 2.43. The molecule has 70 heavy (non-hydrogen) atoms. The average Bonchev–Trinajstić information content (AvgIpc) is 3.76. The summed E-state index contributed by atoms with van der Waals surface area (Å²) in [4.78, 5) is 41.4. The van der Waals surface area contributed by atoms with E-state index in [1.54, 1.807) is 21.9 Å². The molecule has 382 valence electrons. The summed E-state index contributed by atoms with van der Waals surface area (Å²) in [5, 5.41) is 15.4. The monoisotopic (exact) mass is 997 g/mol. The van der Waals surface area contributed by atoms with E-state index < -0.39 is 42.7 Å². The van der Waals surface area contributed by atoms with Crippen LogP contribution in [0, 0.1) is 11.6 Å². The number of carbonyl (C=O) groups is 2. The number of hydrogen-bond acceptors (Lipinski definition) is 13. The lowest BCUT2D eigenvalue weighted by molar-refractivity contribution is -0.151. The molecule has 15 nitrogen and oxygen atoms in total. The number of fused-ring (bicyclic) bond motifs is 2. The van der Waals surface area contributed by atoms with E-state index in [-0.39, 0.29) is 42.4 Å². The van der Waals surface area contributed by atoms with E-state index in [9.17, 15) is 18.4 Å². The number of nitrogens with zero attached hydrogens (tertiary/aromatic N) is 6. The SMILES string of the molecule is CO/N=C1\CC2(CCN(C(=O)C3(F)CCN(Cc4cc(O[Si](C)(C)C(C)(C)C)no4)CC3)CC2)Oc2ccc(F)cc21.CO/N=C1\CC2(CCN(C(=O)C3(F)CCNCC3)CC2)Oc2ccc(F)cc21. The number of alkyl halides is 2. The lowest BCUT2D eigenvalue weighted by atomic mass is 9.81. The standard InChI is InChI=1S/C30H42F2N4O5Si.C20H25F2N3O3/c1-28(2,3)42(5,6)41-26-18-22(40-34-26)20-35-13-11-30(32,12-14-35)27(37)36-15-9-29(10-16-36)19-24(33-38-4)23-17-21(31)7-8-25(23)39-29;1-27-24-16-13-19(28-17-3-2-14(21)12-15(16)17)6-10-25(11-7-19)18(26)20(22)4-8-23-9-5-20/h7-8,17-18H,9-16,19-20H2,1-6H3;2-3,12,23H,4-11,13H2,1H3/b33-24+;24-16+. The molecule has 0 saturated carbocycles. The fourth-order valence-corrected chi connectivity index (χ4v) is 11.0. The second-order valence-corrected chi connectivity index (χ2v) is 25.9. The Morgan fingerprint density at radius 2 is 1.17 bits per heavy atom. The second-order valence-electron chi connectivity index (χ2n) is 21.2. The minimum Gasteiger partial charge on any atom is -0.528 e. The zero-order valence-electron chi connectivity index (χ0n) is 41.4. The van der Waals surface area contributed by atoms with Crippen molar-refractivity contribution in [3.8, 4) is 17.4 Å². The number of ether oxygens (including phenoxy) is 2. The van der Waals surface area contributed by atoms with Gasteiger partial charge in [0.1, 0.15) is 48.6 Å². The number of hydrogen-bond donors (Lipinski definition) is 1. The number of piperidine rings is 4. The van der Waals surface area contributed by atoms with Crippen LogP contribution in [0.25, 0.3) is 0 Å². The molecule has 6 aliphatic heterocycles. The zero-order chi connectivity index (χ0) is 50.1. The van der Waals surface area contributed by atoms with Crippen LogP contribution >= 0.6 is 0 Å². The second kappa shape index (κ2) is 20.1. The van der Waals surface area contributed by atoms with Gasteiger partial charge in [-0.25, -0.2) is 17.6 Å². The third kappa shape index (κ3) is 11.0. The van der Waals surface area contributed by atoms with Crippen molar-refractivity contribution in [1.29, 1.82) is 0 Å². The Balaban J connectivity index is 0.000000204. The summed E-state index contributed by atoms with van der Waals surface area (Å²) < 4.78 is 82.9. The average molecular weight is 998 g/mol. The van der Waals surface area contributed by atoms with Gasteiger partial charge in [-0.3, -0.25) is 14.5 Å². The third-order valence-corrected chi connectivity index (χ3v) is 19.7. The molecular formula is C50H67F4N7O8Si. The van der Waals surface area contributed by atoms with Gasteiger partial charge in [0.2, 0.25) is 5.88 Å². The molecular weight excluding hydrogens is 931 g/mol. The number of nitrogens with one attached hydrogen (secondary N) is 1. The highest BCUT2D eigenvalue weighted by molar-refractivity contribution is 6.74. The molecule has 2 aromatic carbocycles. The number of carbonyl (C=O) groups excluding carboxylic acids is 2. The first-order valence-corrected chi connectivity index (χ1v) is 27.3. The topological polar surface area (TPSA) is 153 Å². The first-order chi connectivity index (χ1) is 33.2. The highest BCUT2D eigenvalue weighted by atomic mass is 28.4. The summed E-state index contributed by atoms with van der Waals surface area (Å²) in [7, 11) is 0.875. The molecule has 1 N–H and O–H groups in total. The van der Waals surface area contributed by atoms with Gasteiger partial charge in [0, 0.05) is 121 Å². The van der Waals surface area contributed by atoms with E-state index in [1.165, 1.54) is 38.5 Å². The van der Waals surface area contributed by atoms with Gasteiger partial charge in [0.05, 0.1) is 18.0 Å². The maximum absolute atomic E-state index is 16.0. The lowest BCUT2D eigenvalue weighted by Gasteiger charge is -2.46. The van der Waals surface area contributed by atoms with E-state index in [4.69, 9.17) is 28.1 Å². The van der Waals surface area contributed by atoms with E-state index in [0.717, 1.165) is 0 Å². The molecule has 0 bridgehead atoms. The van der Waals surface area contributed by atoms with E-state index in [2.05, 4.69) is 59.6 Å². The fraction of sp³-hybridized carbons (Fsp3) is 0.620. The first kappa shape index (κ1) is 51.2. The smallest absolute Gasteiger partial charge is 0.260 e. The molecule has 20 heteroatoms. The summed E-state index contributed by atoms with van der Waals surface area (Å²) in [6, 6.07) is 10.5. The van der Waals surface area contributed by atoms with Crippen molar-refractivity contribution < 1.29 is 55.2 Å². The summed E-state index contributed by atoms with van der Waals surface area (Å²) in [6.45, 7) is 14.8. The minimum absolute atomic E-state index is 0.0433. The van der Waals surface area contributed by atoms with Gasteiger partial charge in [-0.15, -0.1) is 0 Å². The molecule has 2 spiro atoms. The Labute approximate surface area is 408 Å². The van der Waals surface area contributed by atoms with Gasteiger partial charge in [-0.05, 0) is 72.8 Å². The molecule has 9 rings (SSSR count). The van der Waals surface area contributed by atoms with Crippen molar-refractivity contribution in [2.45, 2.75) is 132 Å². The number of likely N-dealkylation sites (tertiary alicyclic amines) is 3. The summed E-state index contributed by atoms with van der Waals surface area (Å²) in [5.41, 5.74) is -2.42. The van der Waals surface area contributed by atoms with E-state index in [0.29, 0.717) is 143 Å². The number of rotatable bonds is 8. The Hall–Kier alpha value is -5.21. The molecule has 6 aliphatic rings. The van der Waals surface area contributed by atoms with Crippen LogP contribution in [-0.4, -0.2) is 141 Å². The van der Waals surface area contributed by atoms with Crippen LogP contribution in [0.4, 0.5) is 17.6 Å². The number of halogens is 4. The van der Waals surface area contributed by atoms with Crippen molar-refractivity contribution in [3.63, 3.8) is 0 Å². The van der Waals surface area contributed by atoms with Crippen LogP contribution in [0.2, 0.25) is 18.1 Å². The highest BCUT2D eigenvalue weighted by Gasteiger charge is 2.50. The summed E-state index contributed by atoms with van der Waals surface area (Å²) in [6.07, 6.45) is 3.73. The zero-order valence-corrected chi connectivity index (χ0v) is 42.4.